The second-order valence-corrected chi connectivity index (χ2v) is 5.72. The Morgan fingerprint density at radius 3 is 2.96 bits per heavy atom. The van der Waals surface area contributed by atoms with E-state index >= 15 is 0 Å². The lowest BCUT2D eigenvalue weighted by Crippen LogP contribution is -2.31. The molecule has 0 radical (unpaired) electrons. The van der Waals surface area contributed by atoms with Crippen LogP contribution in [0, 0.1) is 0 Å². The molecule has 0 saturated carbocycles. The van der Waals surface area contributed by atoms with Gasteiger partial charge in [-0.25, -0.2) is 0 Å². The smallest absolute Gasteiger partial charge is 0.243 e. The number of hydrogen-bond acceptors (Lipinski definition) is 3. The highest BCUT2D eigenvalue weighted by Gasteiger charge is 2.20. The van der Waals surface area contributed by atoms with Gasteiger partial charge in [-0.05, 0) is 36.6 Å². The summed E-state index contributed by atoms with van der Waals surface area (Å²) in [6.07, 6.45) is 1.97. The molecule has 120 valence electrons. The SMILES string of the molecule is CCCOc1cccc(NC(=O)CN2CCc3ccccc32)c1. The largest absolute Gasteiger partial charge is 0.494 e. The fourth-order valence-electron chi connectivity index (χ4n) is 2.83. The minimum atomic E-state index is -0.00524. The molecule has 1 amide bonds. The zero-order valence-electron chi connectivity index (χ0n) is 13.4. The molecular weight excluding hydrogens is 288 g/mol. The molecule has 0 fully saturated rings. The second-order valence-electron chi connectivity index (χ2n) is 5.72. The molecule has 0 atom stereocenters. The number of ether oxygens (including phenoxy) is 1. The van der Waals surface area contributed by atoms with E-state index in [4.69, 9.17) is 4.74 Å². The predicted octanol–water partition coefficient (Wildman–Crippen LogP) is 3.48. The summed E-state index contributed by atoms with van der Waals surface area (Å²) in [4.78, 5) is 14.4. The Morgan fingerprint density at radius 2 is 2.09 bits per heavy atom. The molecule has 1 N–H and O–H groups in total. The van der Waals surface area contributed by atoms with E-state index in [2.05, 4.69) is 29.3 Å². The number of nitrogens with one attached hydrogen (secondary N) is 1. The van der Waals surface area contributed by atoms with Crippen LogP contribution in [0.4, 0.5) is 11.4 Å². The lowest BCUT2D eigenvalue weighted by atomic mass is 10.2. The first-order valence-corrected chi connectivity index (χ1v) is 8.12. The summed E-state index contributed by atoms with van der Waals surface area (Å²) in [5.74, 6) is 0.783. The van der Waals surface area contributed by atoms with E-state index in [1.807, 2.05) is 36.4 Å². The van der Waals surface area contributed by atoms with E-state index in [9.17, 15) is 4.79 Å². The van der Waals surface area contributed by atoms with Crippen LogP contribution in [0.2, 0.25) is 0 Å². The number of para-hydroxylation sites is 1. The normalized spacial score (nSPS) is 12.8. The lowest BCUT2D eigenvalue weighted by Gasteiger charge is -2.18. The van der Waals surface area contributed by atoms with Crippen molar-refractivity contribution < 1.29 is 9.53 Å². The maximum atomic E-state index is 12.3. The Hall–Kier alpha value is -2.49. The number of nitrogens with zero attached hydrogens (tertiary/aromatic N) is 1. The van der Waals surface area contributed by atoms with Gasteiger partial charge in [0.15, 0.2) is 0 Å². The quantitative estimate of drug-likeness (QED) is 0.888. The van der Waals surface area contributed by atoms with Crippen molar-refractivity contribution in [2.24, 2.45) is 0 Å². The Labute approximate surface area is 137 Å². The third-order valence-corrected chi connectivity index (χ3v) is 3.91. The zero-order chi connectivity index (χ0) is 16.1. The Morgan fingerprint density at radius 1 is 1.22 bits per heavy atom. The van der Waals surface area contributed by atoms with Crippen molar-refractivity contribution in [3.63, 3.8) is 0 Å². The summed E-state index contributed by atoms with van der Waals surface area (Å²) in [6, 6.07) is 15.8. The van der Waals surface area contributed by atoms with Gasteiger partial charge in [-0.15, -0.1) is 0 Å². The average Bonchev–Trinajstić information content (AvgIpc) is 2.96. The van der Waals surface area contributed by atoms with Gasteiger partial charge in [0.1, 0.15) is 5.75 Å². The van der Waals surface area contributed by atoms with Crippen LogP contribution in [0.1, 0.15) is 18.9 Å². The van der Waals surface area contributed by atoms with Crippen molar-refractivity contribution in [3.05, 3.63) is 54.1 Å². The van der Waals surface area contributed by atoms with Crippen molar-refractivity contribution in [1.82, 2.24) is 0 Å². The molecule has 0 bridgehead atoms. The molecule has 4 nitrogen and oxygen atoms in total. The van der Waals surface area contributed by atoms with Gasteiger partial charge in [0.2, 0.25) is 5.91 Å². The van der Waals surface area contributed by atoms with Crippen LogP contribution in [0.3, 0.4) is 0 Å². The minimum Gasteiger partial charge on any atom is -0.494 e. The van der Waals surface area contributed by atoms with E-state index in [1.165, 1.54) is 11.3 Å². The van der Waals surface area contributed by atoms with Gasteiger partial charge in [-0.1, -0.05) is 31.2 Å². The molecule has 0 saturated heterocycles. The first kappa shape index (κ1) is 15.4. The maximum Gasteiger partial charge on any atom is 0.243 e. The van der Waals surface area contributed by atoms with Gasteiger partial charge in [-0.3, -0.25) is 4.79 Å². The molecule has 0 aliphatic carbocycles. The molecule has 3 rings (SSSR count). The van der Waals surface area contributed by atoms with E-state index < -0.39 is 0 Å². The highest BCUT2D eigenvalue weighted by Crippen LogP contribution is 2.27. The first-order valence-electron chi connectivity index (χ1n) is 8.12. The molecule has 1 heterocycles. The van der Waals surface area contributed by atoms with Crippen LogP contribution in [0.25, 0.3) is 0 Å². The highest BCUT2D eigenvalue weighted by atomic mass is 16.5. The van der Waals surface area contributed by atoms with Crippen LogP contribution in [-0.4, -0.2) is 25.6 Å². The van der Waals surface area contributed by atoms with E-state index in [0.717, 1.165) is 30.8 Å². The van der Waals surface area contributed by atoms with E-state index in [-0.39, 0.29) is 5.91 Å². The molecule has 4 heteroatoms. The summed E-state index contributed by atoms with van der Waals surface area (Å²) in [7, 11) is 0. The van der Waals surface area contributed by atoms with Crippen LogP contribution in [0.15, 0.2) is 48.5 Å². The number of benzene rings is 2. The maximum absolute atomic E-state index is 12.3. The average molecular weight is 310 g/mol. The van der Waals surface area contributed by atoms with Crippen LogP contribution in [-0.2, 0) is 11.2 Å². The van der Waals surface area contributed by atoms with Crippen molar-refractivity contribution in [2.45, 2.75) is 19.8 Å². The van der Waals surface area contributed by atoms with E-state index in [0.29, 0.717) is 13.2 Å². The summed E-state index contributed by atoms with van der Waals surface area (Å²) in [5.41, 5.74) is 3.26. The minimum absolute atomic E-state index is 0.00524. The lowest BCUT2D eigenvalue weighted by molar-refractivity contribution is -0.115. The molecular formula is C19H22N2O2. The monoisotopic (exact) mass is 310 g/mol. The Balaban J connectivity index is 1.60. The van der Waals surface area contributed by atoms with Crippen LogP contribution < -0.4 is 15.0 Å². The summed E-state index contributed by atoms with van der Waals surface area (Å²) >= 11 is 0. The molecule has 2 aromatic carbocycles. The summed E-state index contributed by atoms with van der Waals surface area (Å²) in [6.45, 7) is 4.02. The van der Waals surface area contributed by atoms with Crippen LogP contribution in [0.5, 0.6) is 5.75 Å². The number of hydrogen-bond donors (Lipinski definition) is 1. The third kappa shape index (κ3) is 3.83. The zero-order valence-corrected chi connectivity index (χ0v) is 13.4. The molecule has 0 spiro atoms. The molecule has 0 aromatic heterocycles. The van der Waals surface area contributed by atoms with Gasteiger partial charge in [0.05, 0.1) is 13.2 Å². The van der Waals surface area contributed by atoms with E-state index in [1.54, 1.807) is 0 Å². The van der Waals surface area contributed by atoms with Crippen molar-refractivity contribution in [1.29, 1.82) is 0 Å². The van der Waals surface area contributed by atoms with Crippen molar-refractivity contribution in [3.8, 4) is 5.75 Å². The Kier molecular flexibility index (Phi) is 4.81. The highest BCUT2D eigenvalue weighted by molar-refractivity contribution is 5.94. The Bertz CT molecular complexity index is 685. The summed E-state index contributed by atoms with van der Waals surface area (Å²) < 4.78 is 5.60. The van der Waals surface area contributed by atoms with Gasteiger partial charge < -0.3 is 15.0 Å². The third-order valence-electron chi connectivity index (χ3n) is 3.91. The fourth-order valence-corrected chi connectivity index (χ4v) is 2.83. The number of carbonyl (C=O) groups excluding carboxylic acids is 1. The van der Waals surface area contributed by atoms with Gasteiger partial charge in [-0.2, -0.15) is 0 Å². The predicted molar refractivity (Wildman–Crippen MR) is 93.2 cm³/mol. The number of fused-ring (bicyclic) bond motifs is 1. The standard InChI is InChI=1S/C19H22N2O2/c1-2-12-23-17-8-5-7-16(13-17)20-19(22)14-21-11-10-15-6-3-4-9-18(15)21/h3-9,13H,2,10-12,14H2,1H3,(H,20,22). The first-order chi connectivity index (χ1) is 11.3. The van der Waals surface area contributed by atoms with Crippen molar-refractivity contribution in [2.75, 3.05) is 29.9 Å². The molecule has 1 aliphatic rings. The topological polar surface area (TPSA) is 41.6 Å². The van der Waals surface area contributed by atoms with Gasteiger partial charge in [0.25, 0.3) is 0 Å². The van der Waals surface area contributed by atoms with Crippen LogP contribution >= 0.6 is 0 Å². The molecule has 0 unspecified atom stereocenters. The number of rotatable bonds is 6. The van der Waals surface area contributed by atoms with Crippen molar-refractivity contribution >= 4 is 17.3 Å². The molecule has 1 aliphatic heterocycles. The number of carbonyl (C=O) groups is 1. The summed E-state index contributed by atoms with van der Waals surface area (Å²) in [5, 5.41) is 2.96. The number of anilines is 2. The van der Waals surface area contributed by atoms with Gasteiger partial charge >= 0.3 is 0 Å². The number of amides is 1. The van der Waals surface area contributed by atoms with Gasteiger partial charge in [0, 0.05) is 24.0 Å². The second kappa shape index (κ2) is 7.18. The molecule has 2 aromatic rings. The fraction of sp³-hybridized carbons (Fsp3) is 0.316. The molecule has 23 heavy (non-hydrogen) atoms.